The van der Waals surface area contributed by atoms with Crippen LogP contribution in [0.2, 0.25) is 0 Å². The maximum atomic E-state index is 5.46. The lowest BCUT2D eigenvalue weighted by atomic mass is 10.2. The van der Waals surface area contributed by atoms with Gasteiger partial charge in [0.2, 0.25) is 5.95 Å². The standard InChI is InChI=1S/C20H22N6O2/c1-27-18-9-5-3-7-16(18)23-20-24-19(14-21-25-20)22-15-6-2-4-8-17(15)26-10-12-28-13-11-26/h2-9,14H,10-13H2,1H3,(H2,22,23,24,25). The summed E-state index contributed by atoms with van der Waals surface area (Å²) in [7, 11) is 1.63. The lowest BCUT2D eigenvalue weighted by Crippen LogP contribution is -2.36. The van der Waals surface area contributed by atoms with Gasteiger partial charge in [-0.3, -0.25) is 0 Å². The van der Waals surface area contributed by atoms with E-state index in [1.165, 1.54) is 0 Å². The van der Waals surface area contributed by atoms with Gasteiger partial charge in [0, 0.05) is 13.1 Å². The van der Waals surface area contributed by atoms with Crippen LogP contribution in [0.4, 0.5) is 28.8 Å². The molecule has 2 heterocycles. The molecule has 1 aromatic heterocycles. The van der Waals surface area contributed by atoms with Crippen molar-refractivity contribution >= 4 is 28.8 Å². The van der Waals surface area contributed by atoms with E-state index >= 15 is 0 Å². The van der Waals surface area contributed by atoms with Crippen LogP contribution in [0.25, 0.3) is 0 Å². The van der Waals surface area contributed by atoms with E-state index in [9.17, 15) is 0 Å². The zero-order chi connectivity index (χ0) is 19.2. The van der Waals surface area contributed by atoms with Crippen molar-refractivity contribution in [1.82, 2.24) is 15.2 Å². The molecule has 1 aliphatic rings. The number of aromatic nitrogens is 3. The van der Waals surface area contributed by atoms with Crippen LogP contribution >= 0.6 is 0 Å². The molecule has 4 rings (SSSR count). The van der Waals surface area contributed by atoms with Crippen molar-refractivity contribution in [1.29, 1.82) is 0 Å². The van der Waals surface area contributed by atoms with Crippen molar-refractivity contribution in [3.05, 3.63) is 54.7 Å². The molecule has 2 N–H and O–H groups in total. The van der Waals surface area contributed by atoms with Gasteiger partial charge in [-0.15, -0.1) is 5.10 Å². The van der Waals surface area contributed by atoms with E-state index in [0.717, 1.165) is 43.4 Å². The summed E-state index contributed by atoms with van der Waals surface area (Å²) in [5, 5.41) is 14.6. The van der Waals surface area contributed by atoms with Crippen LogP contribution in [-0.2, 0) is 4.74 Å². The third-order valence-corrected chi connectivity index (χ3v) is 4.43. The number of anilines is 5. The predicted octanol–water partition coefficient (Wildman–Crippen LogP) is 3.20. The van der Waals surface area contributed by atoms with Crippen molar-refractivity contribution in [2.24, 2.45) is 0 Å². The van der Waals surface area contributed by atoms with Gasteiger partial charge >= 0.3 is 0 Å². The van der Waals surface area contributed by atoms with E-state index in [1.54, 1.807) is 13.3 Å². The second-order valence-corrected chi connectivity index (χ2v) is 6.23. The fraction of sp³-hybridized carbons (Fsp3) is 0.250. The number of para-hydroxylation sites is 4. The van der Waals surface area contributed by atoms with Gasteiger partial charge in [0.05, 0.1) is 43.6 Å². The van der Waals surface area contributed by atoms with Crippen LogP contribution in [0.3, 0.4) is 0 Å². The fourth-order valence-electron chi connectivity index (χ4n) is 3.08. The van der Waals surface area contributed by atoms with Crippen LogP contribution in [0.5, 0.6) is 5.75 Å². The van der Waals surface area contributed by atoms with E-state index in [2.05, 4.69) is 36.8 Å². The Kier molecular flexibility index (Phi) is 5.48. The highest BCUT2D eigenvalue weighted by Crippen LogP contribution is 2.29. The summed E-state index contributed by atoms with van der Waals surface area (Å²) in [6.45, 7) is 3.19. The average molecular weight is 378 g/mol. The van der Waals surface area contributed by atoms with Gasteiger partial charge < -0.3 is 25.0 Å². The molecule has 0 unspecified atom stereocenters. The molecular weight excluding hydrogens is 356 g/mol. The minimum absolute atomic E-state index is 0.387. The SMILES string of the molecule is COc1ccccc1Nc1nncc(Nc2ccccc2N2CCOCC2)n1. The number of methoxy groups -OCH3 is 1. The highest BCUT2D eigenvalue weighted by atomic mass is 16.5. The van der Waals surface area contributed by atoms with E-state index in [-0.39, 0.29) is 0 Å². The summed E-state index contributed by atoms with van der Waals surface area (Å²) in [5.74, 6) is 1.70. The first kappa shape index (κ1) is 18.0. The molecule has 8 nitrogen and oxygen atoms in total. The van der Waals surface area contributed by atoms with E-state index in [4.69, 9.17) is 9.47 Å². The normalized spacial score (nSPS) is 13.8. The molecule has 3 aromatic rings. The number of nitrogens with zero attached hydrogens (tertiary/aromatic N) is 4. The van der Waals surface area contributed by atoms with Gasteiger partial charge in [-0.25, -0.2) is 0 Å². The van der Waals surface area contributed by atoms with Crippen molar-refractivity contribution in [2.45, 2.75) is 0 Å². The molecule has 0 bridgehead atoms. The molecule has 0 amide bonds. The molecule has 1 aliphatic heterocycles. The smallest absolute Gasteiger partial charge is 0.249 e. The molecule has 1 fully saturated rings. The summed E-state index contributed by atoms with van der Waals surface area (Å²) in [4.78, 5) is 6.83. The first-order valence-corrected chi connectivity index (χ1v) is 9.12. The van der Waals surface area contributed by atoms with E-state index in [1.807, 2.05) is 42.5 Å². The van der Waals surface area contributed by atoms with Gasteiger partial charge in [0.1, 0.15) is 5.75 Å². The van der Waals surface area contributed by atoms with Crippen molar-refractivity contribution in [3.63, 3.8) is 0 Å². The summed E-state index contributed by atoms with van der Waals surface area (Å²) in [6, 6.07) is 15.7. The van der Waals surface area contributed by atoms with Gasteiger partial charge in [0.25, 0.3) is 0 Å². The highest BCUT2D eigenvalue weighted by molar-refractivity contribution is 5.74. The minimum atomic E-state index is 0.387. The van der Waals surface area contributed by atoms with Crippen molar-refractivity contribution in [2.75, 3.05) is 48.9 Å². The molecule has 0 atom stereocenters. The number of hydrogen-bond donors (Lipinski definition) is 2. The quantitative estimate of drug-likeness (QED) is 0.676. The second-order valence-electron chi connectivity index (χ2n) is 6.23. The molecule has 8 heteroatoms. The molecule has 28 heavy (non-hydrogen) atoms. The molecule has 0 aliphatic carbocycles. The number of rotatable bonds is 6. The maximum absolute atomic E-state index is 5.46. The Bertz CT molecular complexity index is 930. The summed E-state index contributed by atoms with van der Waals surface area (Å²) < 4.78 is 10.8. The molecular formula is C20H22N6O2. The van der Waals surface area contributed by atoms with Crippen LogP contribution in [0.1, 0.15) is 0 Å². The molecule has 0 radical (unpaired) electrons. The molecule has 0 spiro atoms. The number of ether oxygens (including phenoxy) is 2. The lowest BCUT2D eigenvalue weighted by molar-refractivity contribution is 0.123. The van der Waals surface area contributed by atoms with Crippen LogP contribution in [0.15, 0.2) is 54.7 Å². The Morgan fingerprint density at radius 2 is 1.71 bits per heavy atom. The summed E-state index contributed by atoms with van der Waals surface area (Å²) >= 11 is 0. The van der Waals surface area contributed by atoms with Gasteiger partial charge in [0.15, 0.2) is 5.82 Å². The van der Waals surface area contributed by atoms with Gasteiger partial charge in [-0.05, 0) is 24.3 Å². The third kappa shape index (κ3) is 4.12. The van der Waals surface area contributed by atoms with Crippen molar-refractivity contribution in [3.8, 4) is 5.75 Å². The first-order chi connectivity index (χ1) is 13.8. The highest BCUT2D eigenvalue weighted by Gasteiger charge is 2.15. The Hall–Kier alpha value is -3.39. The van der Waals surface area contributed by atoms with Crippen LogP contribution < -0.4 is 20.3 Å². The topological polar surface area (TPSA) is 84.4 Å². The monoisotopic (exact) mass is 378 g/mol. The average Bonchev–Trinajstić information content (AvgIpc) is 2.75. The second kappa shape index (κ2) is 8.53. The van der Waals surface area contributed by atoms with Crippen LogP contribution in [-0.4, -0.2) is 48.6 Å². The Morgan fingerprint density at radius 1 is 0.964 bits per heavy atom. The van der Waals surface area contributed by atoms with E-state index < -0.39 is 0 Å². The third-order valence-electron chi connectivity index (χ3n) is 4.43. The Labute approximate surface area is 163 Å². The Morgan fingerprint density at radius 3 is 2.54 bits per heavy atom. The zero-order valence-corrected chi connectivity index (χ0v) is 15.6. The fourth-order valence-corrected chi connectivity index (χ4v) is 3.08. The number of benzene rings is 2. The van der Waals surface area contributed by atoms with Crippen molar-refractivity contribution < 1.29 is 9.47 Å². The predicted molar refractivity (Wildman–Crippen MR) is 109 cm³/mol. The number of morpholine rings is 1. The number of nitrogens with one attached hydrogen (secondary N) is 2. The first-order valence-electron chi connectivity index (χ1n) is 9.12. The largest absolute Gasteiger partial charge is 0.495 e. The lowest BCUT2D eigenvalue weighted by Gasteiger charge is -2.30. The van der Waals surface area contributed by atoms with Gasteiger partial charge in [-0.2, -0.15) is 10.1 Å². The molecule has 2 aromatic carbocycles. The minimum Gasteiger partial charge on any atom is -0.495 e. The zero-order valence-electron chi connectivity index (χ0n) is 15.6. The summed E-state index contributed by atoms with van der Waals surface area (Å²) in [6.07, 6.45) is 1.60. The van der Waals surface area contributed by atoms with Crippen LogP contribution in [0, 0.1) is 0 Å². The molecule has 144 valence electrons. The molecule has 1 saturated heterocycles. The summed E-state index contributed by atoms with van der Waals surface area (Å²) in [5.41, 5.74) is 2.86. The number of hydrogen-bond acceptors (Lipinski definition) is 8. The Balaban J connectivity index is 1.54. The van der Waals surface area contributed by atoms with Gasteiger partial charge in [-0.1, -0.05) is 24.3 Å². The maximum Gasteiger partial charge on any atom is 0.249 e. The van der Waals surface area contributed by atoms with E-state index in [0.29, 0.717) is 17.5 Å². The molecule has 0 saturated carbocycles.